The molecule has 0 spiro atoms. The highest BCUT2D eigenvalue weighted by Gasteiger charge is 2.37. The van der Waals surface area contributed by atoms with Gasteiger partial charge in [0.2, 0.25) is 11.7 Å². The van der Waals surface area contributed by atoms with E-state index in [0.717, 1.165) is 6.42 Å². The van der Waals surface area contributed by atoms with Crippen molar-refractivity contribution in [2.24, 2.45) is 0 Å². The number of methoxy groups -OCH3 is 3. The van der Waals surface area contributed by atoms with Crippen molar-refractivity contribution in [2.45, 2.75) is 18.9 Å². The molecule has 2 aliphatic rings. The van der Waals surface area contributed by atoms with Crippen LogP contribution in [0.15, 0.2) is 12.1 Å². The largest absolute Gasteiger partial charge is 0.493 e. The molecular formula is C19H26N2O6. The van der Waals surface area contributed by atoms with Crippen LogP contribution in [-0.2, 0) is 9.53 Å². The van der Waals surface area contributed by atoms with Crippen molar-refractivity contribution in [1.29, 1.82) is 0 Å². The van der Waals surface area contributed by atoms with Crippen LogP contribution in [0.5, 0.6) is 17.2 Å². The van der Waals surface area contributed by atoms with E-state index in [1.54, 1.807) is 21.9 Å². The quantitative estimate of drug-likeness (QED) is 0.766. The van der Waals surface area contributed by atoms with Crippen LogP contribution in [0, 0.1) is 0 Å². The molecule has 2 heterocycles. The number of amides is 2. The molecule has 0 N–H and O–H groups in total. The standard InChI is InChI=1S/C19H26N2O6/c1-24-15-11-13(12-16(25-2)17(15)26-3)18(22)21-6-4-5-14(21)19(23)20-7-9-27-10-8-20/h11-12,14H,4-10H2,1-3H3/t14-/m0/s1. The van der Waals surface area contributed by atoms with Crippen molar-refractivity contribution in [3.8, 4) is 17.2 Å². The predicted molar refractivity (Wildman–Crippen MR) is 97.6 cm³/mol. The maximum atomic E-state index is 13.2. The summed E-state index contributed by atoms with van der Waals surface area (Å²) in [6, 6.07) is 2.81. The molecule has 1 aromatic rings. The Hall–Kier alpha value is -2.48. The lowest BCUT2D eigenvalue weighted by atomic mass is 10.1. The second kappa shape index (κ2) is 8.47. The van der Waals surface area contributed by atoms with Gasteiger partial charge < -0.3 is 28.7 Å². The van der Waals surface area contributed by atoms with Gasteiger partial charge in [0, 0.05) is 25.2 Å². The molecule has 0 saturated carbocycles. The van der Waals surface area contributed by atoms with Crippen molar-refractivity contribution in [3.05, 3.63) is 17.7 Å². The summed E-state index contributed by atoms with van der Waals surface area (Å²) >= 11 is 0. The zero-order valence-electron chi connectivity index (χ0n) is 16.0. The van der Waals surface area contributed by atoms with Gasteiger partial charge in [0.15, 0.2) is 11.5 Å². The van der Waals surface area contributed by atoms with E-state index in [0.29, 0.717) is 62.1 Å². The summed E-state index contributed by atoms with van der Waals surface area (Å²) in [5, 5.41) is 0. The van der Waals surface area contributed by atoms with Gasteiger partial charge in [-0.3, -0.25) is 9.59 Å². The summed E-state index contributed by atoms with van der Waals surface area (Å²) in [4.78, 5) is 29.5. The van der Waals surface area contributed by atoms with E-state index in [-0.39, 0.29) is 11.8 Å². The third-order valence-electron chi connectivity index (χ3n) is 5.03. The van der Waals surface area contributed by atoms with Crippen LogP contribution in [0.2, 0.25) is 0 Å². The highest BCUT2D eigenvalue weighted by molar-refractivity contribution is 5.99. The Labute approximate surface area is 158 Å². The Bertz CT molecular complexity index is 676. The lowest BCUT2D eigenvalue weighted by Crippen LogP contribution is -2.51. The Morgan fingerprint density at radius 3 is 2.19 bits per heavy atom. The lowest BCUT2D eigenvalue weighted by molar-refractivity contribution is -0.139. The Morgan fingerprint density at radius 1 is 1.00 bits per heavy atom. The number of ether oxygens (including phenoxy) is 4. The Balaban J connectivity index is 1.84. The Kier molecular flexibility index (Phi) is 6.05. The molecule has 8 nitrogen and oxygen atoms in total. The van der Waals surface area contributed by atoms with E-state index in [2.05, 4.69) is 0 Å². The molecule has 2 aliphatic heterocycles. The molecule has 1 aromatic carbocycles. The number of morpholine rings is 1. The van der Waals surface area contributed by atoms with E-state index in [4.69, 9.17) is 18.9 Å². The van der Waals surface area contributed by atoms with Gasteiger partial charge in [0.25, 0.3) is 5.91 Å². The summed E-state index contributed by atoms with van der Waals surface area (Å²) in [7, 11) is 4.53. The van der Waals surface area contributed by atoms with Crippen LogP contribution in [0.4, 0.5) is 0 Å². The van der Waals surface area contributed by atoms with Crippen LogP contribution >= 0.6 is 0 Å². The lowest BCUT2D eigenvalue weighted by Gasteiger charge is -2.32. The summed E-state index contributed by atoms with van der Waals surface area (Å²) < 4.78 is 21.3. The highest BCUT2D eigenvalue weighted by Crippen LogP contribution is 2.39. The fraction of sp³-hybridized carbons (Fsp3) is 0.579. The minimum atomic E-state index is -0.435. The molecular weight excluding hydrogens is 352 g/mol. The fourth-order valence-corrected chi connectivity index (χ4v) is 3.63. The number of nitrogens with zero attached hydrogens (tertiary/aromatic N) is 2. The van der Waals surface area contributed by atoms with Crippen molar-refractivity contribution < 1.29 is 28.5 Å². The summed E-state index contributed by atoms with van der Waals surface area (Å²) in [6.45, 7) is 2.78. The van der Waals surface area contributed by atoms with E-state index >= 15 is 0 Å². The van der Waals surface area contributed by atoms with Crippen LogP contribution < -0.4 is 14.2 Å². The molecule has 2 fully saturated rings. The molecule has 0 bridgehead atoms. The molecule has 1 atom stereocenters. The maximum absolute atomic E-state index is 13.2. The maximum Gasteiger partial charge on any atom is 0.254 e. The molecule has 0 aliphatic carbocycles. The summed E-state index contributed by atoms with van der Waals surface area (Å²) in [5.74, 6) is 1.04. The first-order chi connectivity index (χ1) is 13.1. The first-order valence-corrected chi connectivity index (χ1v) is 9.08. The Morgan fingerprint density at radius 2 is 1.63 bits per heavy atom. The third-order valence-corrected chi connectivity index (χ3v) is 5.03. The van der Waals surface area contributed by atoms with Crippen molar-refractivity contribution >= 4 is 11.8 Å². The van der Waals surface area contributed by atoms with Crippen molar-refractivity contribution in [2.75, 3.05) is 54.2 Å². The van der Waals surface area contributed by atoms with Gasteiger partial charge in [-0.05, 0) is 25.0 Å². The van der Waals surface area contributed by atoms with Gasteiger partial charge in [-0.1, -0.05) is 0 Å². The predicted octanol–water partition coefficient (Wildman–Crippen LogP) is 1.18. The average Bonchev–Trinajstić information content (AvgIpc) is 3.21. The van der Waals surface area contributed by atoms with E-state index in [9.17, 15) is 9.59 Å². The van der Waals surface area contributed by atoms with Gasteiger partial charge in [-0.15, -0.1) is 0 Å². The molecule has 2 saturated heterocycles. The van der Waals surface area contributed by atoms with Gasteiger partial charge in [0.05, 0.1) is 34.5 Å². The second-order valence-electron chi connectivity index (χ2n) is 6.51. The number of rotatable bonds is 5. The van der Waals surface area contributed by atoms with E-state index in [1.165, 1.54) is 21.3 Å². The average molecular weight is 378 g/mol. The van der Waals surface area contributed by atoms with E-state index in [1.807, 2.05) is 0 Å². The third kappa shape index (κ3) is 3.80. The topological polar surface area (TPSA) is 77.5 Å². The zero-order valence-corrected chi connectivity index (χ0v) is 16.0. The summed E-state index contributed by atoms with van der Waals surface area (Å²) in [6.07, 6.45) is 1.48. The van der Waals surface area contributed by atoms with Crippen molar-refractivity contribution in [3.63, 3.8) is 0 Å². The van der Waals surface area contributed by atoms with Gasteiger partial charge in [-0.25, -0.2) is 0 Å². The SMILES string of the molecule is COc1cc(C(=O)N2CCC[C@H]2C(=O)N2CCOCC2)cc(OC)c1OC. The number of hydrogen-bond donors (Lipinski definition) is 0. The fourth-order valence-electron chi connectivity index (χ4n) is 3.63. The van der Waals surface area contributed by atoms with Crippen LogP contribution in [0.3, 0.4) is 0 Å². The molecule has 8 heteroatoms. The molecule has 3 rings (SSSR count). The number of hydrogen-bond acceptors (Lipinski definition) is 6. The first kappa shape index (κ1) is 19.3. The highest BCUT2D eigenvalue weighted by atomic mass is 16.5. The van der Waals surface area contributed by atoms with Crippen molar-refractivity contribution in [1.82, 2.24) is 9.80 Å². The summed E-state index contributed by atoms with van der Waals surface area (Å²) in [5.41, 5.74) is 0.408. The molecule has 0 radical (unpaired) electrons. The minimum absolute atomic E-state index is 0.00316. The van der Waals surface area contributed by atoms with E-state index < -0.39 is 6.04 Å². The smallest absolute Gasteiger partial charge is 0.254 e. The molecule has 27 heavy (non-hydrogen) atoms. The molecule has 0 aromatic heterocycles. The van der Waals surface area contributed by atoms with Crippen LogP contribution in [0.25, 0.3) is 0 Å². The molecule has 0 unspecified atom stereocenters. The van der Waals surface area contributed by atoms with Gasteiger partial charge >= 0.3 is 0 Å². The number of carbonyl (C=O) groups is 2. The normalized spacial score (nSPS) is 19.7. The number of likely N-dealkylation sites (tertiary alicyclic amines) is 1. The number of carbonyl (C=O) groups excluding carboxylic acids is 2. The van der Waals surface area contributed by atoms with Gasteiger partial charge in [0.1, 0.15) is 6.04 Å². The molecule has 148 valence electrons. The van der Waals surface area contributed by atoms with Gasteiger partial charge in [-0.2, -0.15) is 0 Å². The van der Waals surface area contributed by atoms with Crippen LogP contribution in [0.1, 0.15) is 23.2 Å². The van der Waals surface area contributed by atoms with Crippen LogP contribution in [-0.4, -0.2) is 81.8 Å². The molecule has 2 amide bonds. The zero-order chi connectivity index (χ0) is 19.4. The number of benzene rings is 1. The monoisotopic (exact) mass is 378 g/mol. The minimum Gasteiger partial charge on any atom is -0.493 e. The second-order valence-corrected chi connectivity index (χ2v) is 6.51. The first-order valence-electron chi connectivity index (χ1n) is 9.08.